The number of nitrogens with two attached hydrogens (primary N) is 2. The molecule has 6 aromatic rings. The highest BCUT2D eigenvalue weighted by molar-refractivity contribution is 7.97. The minimum atomic E-state index is -5.02. The fourth-order valence-corrected chi connectivity index (χ4v) is 11.9. The van der Waals surface area contributed by atoms with Crippen LogP contribution in [0.2, 0.25) is 0 Å². The molecule has 402 valence electrons. The Balaban J connectivity index is 0.922. The summed E-state index contributed by atoms with van der Waals surface area (Å²) >= 11 is 0.961. The number of benzene rings is 6. The zero-order chi connectivity index (χ0) is 55.7. The number of rotatable bonds is 13. The van der Waals surface area contributed by atoms with Crippen LogP contribution in [0.1, 0.15) is 64.5 Å². The molecule has 0 aromatic heterocycles. The summed E-state index contributed by atoms with van der Waals surface area (Å²) in [5, 5.41) is 23.6. The van der Waals surface area contributed by atoms with Crippen LogP contribution in [-0.2, 0) is 30.4 Å². The van der Waals surface area contributed by atoms with Crippen LogP contribution in [0.5, 0.6) is 0 Å². The quantitative estimate of drug-likeness (QED) is 0.0501. The number of carbonyl (C=O) groups is 2. The first-order valence-corrected chi connectivity index (χ1v) is 27.4. The van der Waals surface area contributed by atoms with E-state index in [0.717, 1.165) is 104 Å². The lowest BCUT2D eigenvalue weighted by Gasteiger charge is -2.28. The zero-order valence-electron chi connectivity index (χ0n) is 42.7. The number of hydrogen-bond donors (Lipinski definition) is 2. The molecule has 0 saturated heterocycles. The molecule has 0 unspecified atom stereocenters. The van der Waals surface area contributed by atoms with Crippen molar-refractivity contribution in [2.45, 2.75) is 86.4 Å². The molecule has 0 aliphatic carbocycles. The first-order chi connectivity index (χ1) is 36.9. The second-order valence-corrected chi connectivity index (χ2v) is 22.6. The number of alkyl halides is 6. The van der Waals surface area contributed by atoms with Gasteiger partial charge < -0.3 is 9.80 Å². The Bertz CT molecular complexity index is 3750. The predicted molar refractivity (Wildman–Crippen MR) is 296 cm³/mol. The van der Waals surface area contributed by atoms with E-state index < -0.39 is 67.6 Å². The van der Waals surface area contributed by atoms with Gasteiger partial charge in [-0.05, 0) is 142 Å². The summed E-state index contributed by atoms with van der Waals surface area (Å²) in [7, 11) is -4.12. The van der Waals surface area contributed by atoms with Crippen LogP contribution in [-0.4, -0.2) is 57.1 Å². The molecule has 6 aromatic carbocycles. The summed E-state index contributed by atoms with van der Waals surface area (Å²) in [5.74, 6) is -1.97. The van der Waals surface area contributed by atoms with Crippen LogP contribution < -0.4 is 30.1 Å². The Morgan fingerprint density at radius 1 is 0.551 bits per heavy atom. The summed E-state index contributed by atoms with van der Waals surface area (Å²) in [6, 6.07) is 34.5. The molecule has 0 radical (unpaired) electrons. The number of hydrogen-bond acceptors (Lipinski definition) is 10. The standard InChI is InChI=1S/C58H52F6N8O4S2/c1-55(2)47(31-27-43-51(57(59,60)61)67-71(53(43)73)37-19-23-39(77-65)24-20-37)69(45-29-17-35-13-7-9-15-41(35)49(45)55)33-11-5-6-12-34-70-46-30-18-36-14-8-10-16-42(36)50(46)56(3,4)48(70)32-28-44-52(58(62,63)64)68-72(54(44)74)38-21-25-40(26-22-38)78(66,75)76/h7-10,13-32H,5-6,11-12,33-34,65H2,1-4H3,(H2,66,75,76)/b43-27-,44-28-,47-31+,48-32+. The van der Waals surface area contributed by atoms with E-state index in [9.17, 15) is 44.3 Å². The average Bonchev–Trinajstić information content (AvgIpc) is 4.29. The first-order valence-electron chi connectivity index (χ1n) is 25.0. The Hall–Kier alpha value is -7.52. The van der Waals surface area contributed by atoms with Crippen molar-refractivity contribution < 1.29 is 44.3 Å². The van der Waals surface area contributed by atoms with Gasteiger partial charge in [-0.15, -0.1) is 0 Å². The molecule has 12 nitrogen and oxygen atoms in total. The van der Waals surface area contributed by atoms with E-state index in [4.69, 9.17) is 10.3 Å². The summed E-state index contributed by atoms with van der Waals surface area (Å²) in [4.78, 5) is 32.3. The molecule has 20 heteroatoms. The Morgan fingerprint density at radius 2 is 0.949 bits per heavy atom. The van der Waals surface area contributed by atoms with Gasteiger partial charge in [0.25, 0.3) is 11.8 Å². The van der Waals surface area contributed by atoms with Gasteiger partial charge in [-0.2, -0.15) is 46.6 Å². The Kier molecular flexibility index (Phi) is 13.8. The van der Waals surface area contributed by atoms with E-state index in [-0.39, 0.29) is 16.3 Å². The van der Waals surface area contributed by atoms with Gasteiger partial charge in [0.15, 0.2) is 11.4 Å². The van der Waals surface area contributed by atoms with Gasteiger partial charge in [-0.25, -0.2) is 13.6 Å². The van der Waals surface area contributed by atoms with Crippen LogP contribution in [0.4, 0.5) is 49.1 Å². The van der Waals surface area contributed by atoms with Crippen LogP contribution in [0, 0.1) is 0 Å². The molecular formula is C58H52F6N8O4S2. The number of carbonyl (C=O) groups excluding carboxylic acids is 2. The summed E-state index contributed by atoms with van der Waals surface area (Å²) < 4.78 is 112. The Labute approximate surface area is 450 Å². The maximum absolute atomic E-state index is 14.7. The number of primary sulfonamides is 1. The third-order valence-electron chi connectivity index (χ3n) is 14.8. The summed E-state index contributed by atoms with van der Waals surface area (Å²) in [6.45, 7) is 8.99. The van der Waals surface area contributed by atoms with Gasteiger partial charge in [0.2, 0.25) is 10.0 Å². The number of hydrazone groups is 2. The zero-order valence-corrected chi connectivity index (χ0v) is 44.3. The molecule has 0 saturated carbocycles. The number of sulfonamides is 1. The summed E-state index contributed by atoms with van der Waals surface area (Å²) in [5.41, 5.74) is -0.266. The van der Waals surface area contributed by atoms with Crippen molar-refractivity contribution in [3.05, 3.63) is 179 Å². The molecule has 4 aliphatic heterocycles. The van der Waals surface area contributed by atoms with E-state index >= 15 is 0 Å². The highest BCUT2D eigenvalue weighted by Crippen LogP contribution is 2.53. The number of nitrogens with zero attached hydrogens (tertiary/aromatic N) is 6. The highest BCUT2D eigenvalue weighted by Gasteiger charge is 2.49. The topological polar surface area (TPSA) is 158 Å². The second-order valence-electron chi connectivity index (χ2n) is 20.4. The minimum Gasteiger partial charge on any atom is -0.344 e. The largest absolute Gasteiger partial charge is 0.435 e. The second kappa shape index (κ2) is 20.0. The maximum atomic E-state index is 14.7. The molecule has 0 atom stereocenters. The SMILES string of the molecule is CC1(C)/C(=C\C=C2/C(=O)N(c3ccc(SN)cc3)N=C2C(F)(F)F)N(CCCCCCN2/C(=C/C=C3\C(=O)N(c4ccc(S(N)(=O)=O)cc4)N=C3C(F)(F)F)C(C)(C)c3c2ccc2ccccc32)c2ccc3ccccc3c21. The van der Waals surface area contributed by atoms with E-state index in [1.807, 2.05) is 100 Å². The molecule has 10 rings (SSSR count). The molecule has 2 amide bonds. The van der Waals surface area contributed by atoms with Gasteiger partial charge >= 0.3 is 12.4 Å². The van der Waals surface area contributed by atoms with Crippen LogP contribution in [0.15, 0.2) is 188 Å². The first kappa shape index (κ1) is 53.9. The molecular weight excluding hydrogens is 1050 g/mol. The van der Waals surface area contributed by atoms with E-state index in [0.29, 0.717) is 47.2 Å². The van der Waals surface area contributed by atoms with Crippen molar-refractivity contribution in [2.75, 3.05) is 32.9 Å². The number of halogens is 6. The van der Waals surface area contributed by atoms with Crippen molar-refractivity contribution >= 4 is 89.5 Å². The fraction of sp³-hybridized carbons (Fsp3) is 0.241. The van der Waals surface area contributed by atoms with Crippen molar-refractivity contribution in [3.8, 4) is 0 Å². The lowest BCUT2D eigenvalue weighted by Crippen LogP contribution is -2.28. The van der Waals surface area contributed by atoms with Crippen molar-refractivity contribution in [1.29, 1.82) is 0 Å². The molecule has 0 spiro atoms. The fourth-order valence-electron chi connectivity index (χ4n) is 11.1. The van der Waals surface area contributed by atoms with Crippen LogP contribution in [0.3, 0.4) is 0 Å². The Morgan fingerprint density at radius 3 is 1.33 bits per heavy atom. The van der Waals surface area contributed by atoms with Gasteiger partial charge in [0.05, 0.1) is 27.4 Å². The van der Waals surface area contributed by atoms with E-state index in [1.54, 1.807) is 24.3 Å². The third kappa shape index (κ3) is 9.68. The predicted octanol–water partition coefficient (Wildman–Crippen LogP) is 12.6. The normalized spacial score (nSPS) is 19.4. The lowest BCUT2D eigenvalue weighted by molar-refractivity contribution is -0.115. The van der Waals surface area contributed by atoms with Gasteiger partial charge in [-0.3, -0.25) is 14.7 Å². The third-order valence-corrected chi connectivity index (χ3v) is 16.2. The monoisotopic (exact) mass is 1100 g/mol. The van der Waals surface area contributed by atoms with Crippen molar-refractivity contribution in [2.24, 2.45) is 20.5 Å². The number of amides is 2. The smallest absolute Gasteiger partial charge is 0.344 e. The van der Waals surface area contributed by atoms with Crippen LogP contribution in [0.25, 0.3) is 21.5 Å². The minimum absolute atomic E-state index is 0.0878. The lowest BCUT2D eigenvalue weighted by atomic mass is 9.81. The maximum Gasteiger partial charge on any atom is 0.435 e. The van der Waals surface area contributed by atoms with Gasteiger partial charge in [0.1, 0.15) is 0 Å². The van der Waals surface area contributed by atoms with Crippen LogP contribution >= 0.6 is 11.9 Å². The van der Waals surface area contributed by atoms with E-state index in [2.05, 4.69) is 20.0 Å². The number of allylic oxidation sites excluding steroid dienone is 6. The van der Waals surface area contributed by atoms with Crippen molar-refractivity contribution in [3.63, 3.8) is 0 Å². The number of unbranched alkanes of at least 4 members (excludes halogenated alkanes) is 3. The molecule has 78 heavy (non-hydrogen) atoms. The van der Waals surface area contributed by atoms with Gasteiger partial charge in [0, 0.05) is 51.6 Å². The number of fused-ring (bicyclic) bond motifs is 6. The molecule has 0 bridgehead atoms. The average molecular weight is 1100 g/mol. The molecule has 4 heterocycles. The summed E-state index contributed by atoms with van der Waals surface area (Å²) in [6.07, 6.45) is -1.64. The van der Waals surface area contributed by atoms with Gasteiger partial charge in [-0.1, -0.05) is 101 Å². The van der Waals surface area contributed by atoms with Crippen molar-refractivity contribution in [1.82, 2.24) is 0 Å². The number of anilines is 4. The molecule has 4 aliphatic rings. The highest BCUT2D eigenvalue weighted by atomic mass is 32.2. The van der Waals surface area contributed by atoms with E-state index in [1.165, 1.54) is 18.2 Å². The molecule has 4 N–H and O–H groups in total. The molecule has 0 fully saturated rings.